The molecule has 0 atom stereocenters. The van der Waals surface area contributed by atoms with Crippen molar-refractivity contribution in [2.24, 2.45) is 5.73 Å². The van der Waals surface area contributed by atoms with E-state index in [4.69, 9.17) is 19.6 Å². The first kappa shape index (κ1) is 16.0. The normalized spacial score (nSPS) is 10.9. The Morgan fingerprint density at radius 1 is 0.846 bits per heavy atom. The zero-order valence-electron chi connectivity index (χ0n) is 14.0. The average Bonchev–Trinajstić information content (AvgIpc) is 3.03. The van der Waals surface area contributed by atoms with E-state index in [1.807, 2.05) is 60.7 Å². The van der Waals surface area contributed by atoms with Gasteiger partial charge in [0.1, 0.15) is 29.3 Å². The quantitative estimate of drug-likeness (QED) is 0.571. The van der Waals surface area contributed by atoms with Crippen LogP contribution in [-0.2, 0) is 11.4 Å². The van der Waals surface area contributed by atoms with E-state index in [1.54, 1.807) is 6.07 Å². The van der Waals surface area contributed by atoms with Crippen molar-refractivity contribution in [3.63, 3.8) is 0 Å². The predicted molar refractivity (Wildman–Crippen MR) is 99.2 cm³/mol. The lowest BCUT2D eigenvalue weighted by Gasteiger charge is -2.08. The highest BCUT2D eigenvalue weighted by atomic mass is 16.5. The molecule has 1 aromatic heterocycles. The van der Waals surface area contributed by atoms with E-state index in [-0.39, 0.29) is 6.61 Å². The molecule has 0 aliphatic rings. The molecule has 5 heteroatoms. The molecular formula is C21H17NO4. The number of primary amides is 1. The van der Waals surface area contributed by atoms with Crippen LogP contribution in [0, 0.1) is 0 Å². The molecule has 5 nitrogen and oxygen atoms in total. The lowest BCUT2D eigenvalue weighted by molar-refractivity contribution is -0.119. The first-order valence-electron chi connectivity index (χ1n) is 8.23. The summed E-state index contributed by atoms with van der Waals surface area (Å²) < 4.78 is 17.0. The lowest BCUT2D eigenvalue weighted by atomic mass is 10.1. The number of rotatable bonds is 6. The Kier molecular flexibility index (Phi) is 4.19. The van der Waals surface area contributed by atoms with Crippen LogP contribution in [0.15, 0.2) is 71.1 Å². The van der Waals surface area contributed by atoms with Gasteiger partial charge >= 0.3 is 0 Å². The molecule has 1 amide bonds. The molecule has 1 heterocycles. The average molecular weight is 347 g/mol. The third-order valence-corrected chi connectivity index (χ3v) is 4.03. The molecular weight excluding hydrogens is 330 g/mol. The number of carbonyl (C=O) groups is 1. The molecule has 130 valence electrons. The number of fused-ring (bicyclic) bond motifs is 3. The Morgan fingerprint density at radius 3 is 2.54 bits per heavy atom. The third-order valence-electron chi connectivity index (χ3n) is 4.03. The highest BCUT2D eigenvalue weighted by molar-refractivity contribution is 6.05. The summed E-state index contributed by atoms with van der Waals surface area (Å²) in [5.41, 5.74) is 7.72. The number of hydrogen-bond donors (Lipinski definition) is 1. The fourth-order valence-corrected chi connectivity index (χ4v) is 2.84. The van der Waals surface area contributed by atoms with E-state index in [9.17, 15) is 4.79 Å². The molecule has 0 fully saturated rings. The van der Waals surface area contributed by atoms with Gasteiger partial charge in [0.25, 0.3) is 5.91 Å². The molecule has 0 spiro atoms. The molecule has 3 aromatic carbocycles. The first-order chi connectivity index (χ1) is 12.7. The SMILES string of the molecule is NC(=O)COc1cccc(COc2ccc3oc4ccccc4c3c2)c1. The van der Waals surface area contributed by atoms with Crippen molar-refractivity contribution in [1.82, 2.24) is 0 Å². The minimum atomic E-state index is -0.507. The molecule has 2 N–H and O–H groups in total. The van der Waals surface area contributed by atoms with E-state index in [0.29, 0.717) is 12.4 Å². The second kappa shape index (κ2) is 6.80. The molecule has 0 aliphatic heterocycles. The maximum absolute atomic E-state index is 10.8. The molecule has 0 aliphatic carbocycles. The summed E-state index contributed by atoms with van der Waals surface area (Å²) in [7, 11) is 0. The van der Waals surface area contributed by atoms with Crippen molar-refractivity contribution in [3.05, 3.63) is 72.3 Å². The van der Waals surface area contributed by atoms with E-state index in [2.05, 4.69) is 0 Å². The first-order valence-corrected chi connectivity index (χ1v) is 8.23. The summed E-state index contributed by atoms with van der Waals surface area (Å²) in [6.45, 7) is 0.240. The third kappa shape index (κ3) is 3.32. The monoisotopic (exact) mass is 347 g/mol. The molecule has 0 saturated heterocycles. The van der Waals surface area contributed by atoms with Crippen molar-refractivity contribution in [1.29, 1.82) is 0 Å². The van der Waals surface area contributed by atoms with Crippen molar-refractivity contribution < 1.29 is 18.7 Å². The minimum absolute atomic E-state index is 0.144. The van der Waals surface area contributed by atoms with Crippen LogP contribution in [0.2, 0.25) is 0 Å². The van der Waals surface area contributed by atoms with Crippen molar-refractivity contribution in [3.8, 4) is 11.5 Å². The predicted octanol–water partition coefficient (Wildman–Crippen LogP) is 4.03. The summed E-state index contributed by atoms with van der Waals surface area (Å²) >= 11 is 0. The van der Waals surface area contributed by atoms with Gasteiger partial charge < -0.3 is 19.6 Å². The van der Waals surface area contributed by atoms with Gasteiger partial charge in [-0.05, 0) is 42.0 Å². The number of nitrogens with two attached hydrogens (primary N) is 1. The second-order valence-electron chi connectivity index (χ2n) is 5.95. The number of amides is 1. The number of benzene rings is 3. The minimum Gasteiger partial charge on any atom is -0.489 e. The van der Waals surface area contributed by atoms with Crippen LogP contribution < -0.4 is 15.2 Å². The van der Waals surface area contributed by atoms with Crippen LogP contribution >= 0.6 is 0 Å². The molecule has 4 rings (SSSR count). The van der Waals surface area contributed by atoms with Gasteiger partial charge in [-0.2, -0.15) is 0 Å². The van der Waals surface area contributed by atoms with Gasteiger partial charge in [0, 0.05) is 10.8 Å². The Labute approximate surface area is 149 Å². The fourth-order valence-electron chi connectivity index (χ4n) is 2.84. The van der Waals surface area contributed by atoms with Crippen molar-refractivity contribution in [2.75, 3.05) is 6.61 Å². The van der Waals surface area contributed by atoms with E-state index in [0.717, 1.165) is 33.3 Å². The molecule has 0 bridgehead atoms. The molecule has 0 unspecified atom stereocenters. The van der Waals surface area contributed by atoms with Crippen LogP contribution in [-0.4, -0.2) is 12.5 Å². The maximum Gasteiger partial charge on any atom is 0.255 e. The maximum atomic E-state index is 10.8. The van der Waals surface area contributed by atoms with Gasteiger partial charge in [0.2, 0.25) is 0 Å². The van der Waals surface area contributed by atoms with Crippen LogP contribution in [0.4, 0.5) is 0 Å². The lowest BCUT2D eigenvalue weighted by Crippen LogP contribution is -2.20. The zero-order chi connectivity index (χ0) is 17.9. The summed E-state index contributed by atoms with van der Waals surface area (Å²) in [6, 6.07) is 21.1. The largest absolute Gasteiger partial charge is 0.489 e. The van der Waals surface area contributed by atoms with E-state index >= 15 is 0 Å². The molecule has 0 saturated carbocycles. The van der Waals surface area contributed by atoms with Gasteiger partial charge in [-0.1, -0.05) is 30.3 Å². The zero-order valence-corrected chi connectivity index (χ0v) is 14.0. The fraction of sp³-hybridized carbons (Fsp3) is 0.0952. The smallest absolute Gasteiger partial charge is 0.255 e. The molecule has 4 aromatic rings. The topological polar surface area (TPSA) is 74.7 Å². The number of hydrogen-bond acceptors (Lipinski definition) is 4. The Hall–Kier alpha value is -3.47. The number of ether oxygens (including phenoxy) is 2. The highest BCUT2D eigenvalue weighted by Gasteiger charge is 2.08. The molecule has 0 radical (unpaired) electrons. The molecule has 26 heavy (non-hydrogen) atoms. The summed E-state index contributed by atoms with van der Waals surface area (Å²) in [6.07, 6.45) is 0. The standard InChI is InChI=1S/C21H17NO4/c22-21(23)13-25-15-5-3-4-14(10-15)12-24-16-8-9-20-18(11-16)17-6-1-2-7-19(17)26-20/h1-11H,12-13H2,(H2,22,23). The Bertz CT molecular complexity index is 1080. The van der Waals surface area contributed by atoms with Crippen molar-refractivity contribution >= 4 is 27.8 Å². The van der Waals surface area contributed by atoms with Crippen LogP contribution in [0.5, 0.6) is 11.5 Å². The number of furan rings is 1. The van der Waals surface area contributed by atoms with Gasteiger partial charge in [-0.15, -0.1) is 0 Å². The van der Waals surface area contributed by atoms with Crippen LogP contribution in [0.1, 0.15) is 5.56 Å². The highest BCUT2D eigenvalue weighted by Crippen LogP contribution is 2.31. The second-order valence-corrected chi connectivity index (χ2v) is 5.95. The van der Waals surface area contributed by atoms with Gasteiger partial charge in [0.15, 0.2) is 6.61 Å². The van der Waals surface area contributed by atoms with E-state index in [1.165, 1.54) is 0 Å². The van der Waals surface area contributed by atoms with Crippen LogP contribution in [0.3, 0.4) is 0 Å². The Morgan fingerprint density at radius 2 is 1.65 bits per heavy atom. The summed E-state index contributed by atoms with van der Waals surface area (Å²) in [5.74, 6) is 0.834. The Balaban J connectivity index is 1.52. The summed E-state index contributed by atoms with van der Waals surface area (Å²) in [4.78, 5) is 10.8. The van der Waals surface area contributed by atoms with Gasteiger partial charge in [0.05, 0.1) is 0 Å². The number of para-hydroxylation sites is 1. The van der Waals surface area contributed by atoms with Crippen LogP contribution in [0.25, 0.3) is 21.9 Å². The summed E-state index contributed by atoms with van der Waals surface area (Å²) in [5, 5.41) is 2.09. The van der Waals surface area contributed by atoms with Gasteiger partial charge in [-0.3, -0.25) is 4.79 Å². The van der Waals surface area contributed by atoms with E-state index < -0.39 is 5.91 Å². The van der Waals surface area contributed by atoms with Crippen molar-refractivity contribution in [2.45, 2.75) is 6.61 Å². The number of carbonyl (C=O) groups excluding carboxylic acids is 1. The van der Waals surface area contributed by atoms with Gasteiger partial charge in [-0.25, -0.2) is 0 Å².